The average molecular weight is 300 g/mol. The molecule has 12 heavy (non-hydrogen) atoms. The standard InChI is InChI=1S/C10H20Br2/c1-3-10(12)8-6-4-5-7-9(2)11/h9-10H,3-8H2,1-2H3. The molecule has 0 aliphatic carbocycles. The Balaban J connectivity index is 3.00. The zero-order chi connectivity index (χ0) is 9.40. The van der Waals surface area contributed by atoms with E-state index in [0.29, 0.717) is 4.83 Å². The van der Waals surface area contributed by atoms with Crippen molar-refractivity contribution < 1.29 is 0 Å². The predicted octanol–water partition coefficient (Wildman–Crippen LogP) is 4.89. The molecule has 0 saturated heterocycles. The lowest BCUT2D eigenvalue weighted by atomic mass is 10.1. The van der Waals surface area contributed by atoms with Crippen molar-refractivity contribution in [1.82, 2.24) is 0 Å². The fraction of sp³-hybridized carbons (Fsp3) is 1.00. The molecule has 2 unspecified atom stereocenters. The van der Waals surface area contributed by atoms with E-state index < -0.39 is 0 Å². The highest BCUT2D eigenvalue weighted by Crippen LogP contribution is 2.16. The average Bonchev–Trinajstić information content (AvgIpc) is 2.03. The summed E-state index contributed by atoms with van der Waals surface area (Å²) in [5, 5.41) is 0. The van der Waals surface area contributed by atoms with Gasteiger partial charge in [0.15, 0.2) is 0 Å². The second-order valence-electron chi connectivity index (χ2n) is 3.42. The lowest BCUT2D eigenvalue weighted by Gasteiger charge is -2.06. The molecular weight excluding hydrogens is 280 g/mol. The van der Waals surface area contributed by atoms with Crippen LogP contribution in [0.15, 0.2) is 0 Å². The van der Waals surface area contributed by atoms with E-state index in [1.807, 2.05) is 0 Å². The molecule has 0 rings (SSSR count). The minimum absolute atomic E-state index is 0.698. The van der Waals surface area contributed by atoms with Gasteiger partial charge in [-0.1, -0.05) is 65.0 Å². The summed E-state index contributed by atoms with van der Waals surface area (Å²) in [4.78, 5) is 1.45. The SMILES string of the molecule is CCC(Br)CCCCCC(C)Br. The normalized spacial score (nSPS) is 16.0. The summed E-state index contributed by atoms with van der Waals surface area (Å²) in [7, 11) is 0. The van der Waals surface area contributed by atoms with E-state index in [4.69, 9.17) is 0 Å². The van der Waals surface area contributed by atoms with Gasteiger partial charge >= 0.3 is 0 Å². The second kappa shape index (κ2) is 8.55. The number of alkyl halides is 2. The van der Waals surface area contributed by atoms with Gasteiger partial charge in [0.05, 0.1) is 0 Å². The minimum atomic E-state index is 0.698. The Labute approximate surface area is 93.8 Å². The zero-order valence-corrected chi connectivity index (χ0v) is 11.3. The molecular formula is C10H20Br2. The highest BCUT2D eigenvalue weighted by molar-refractivity contribution is 9.09. The summed E-state index contributed by atoms with van der Waals surface area (Å²) in [6, 6.07) is 0. The van der Waals surface area contributed by atoms with Gasteiger partial charge in [0, 0.05) is 9.65 Å². The van der Waals surface area contributed by atoms with Gasteiger partial charge in [-0.2, -0.15) is 0 Å². The first-order chi connectivity index (χ1) is 5.66. The molecule has 0 bridgehead atoms. The lowest BCUT2D eigenvalue weighted by molar-refractivity contribution is 0.601. The van der Waals surface area contributed by atoms with Crippen molar-refractivity contribution >= 4 is 31.9 Å². The maximum absolute atomic E-state index is 3.65. The van der Waals surface area contributed by atoms with Crippen LogP contribution in [0.3, 0.4) is 0 Å². The molecule has 0 radical (unpaired) electrons. The minimum Gasteiger partial charge on any atom is -0.0894 e. The van der Waals surface area contributed by atoms with Crippen molar-refractivity contribution in [3.05, 3.63) is 0 Å². The van der Waals surface area contributed by atoms with E-state index in [1.165, 1.54) is 38.5 Å². The number of hydrogen-bond acceptors (Lipinski definition) is 0. The topological polar surface area (TPSA) is 0 Å². The molecule has 0 aliphatic heterocycles. The Kier molecular flexibility index (Phi) is 9.24. The van der Waals surface area contributed by atoms with Crippen LogP contribution >= 0.6 is 31.9 Å². The molecule has 0 aromatic heterocycles. The quantitative estimate of drug-likeness (QED) is 0.463. The van der Waals surface area contributed by atoms with Gasteiger partial charge in [0.25, 0.3) is 0 Å². The Hall–Kier alpha value is 0.960. The van der Waals surface area contributed by atoms with Crippen LogP contribution < -0.4 is 0 Å². The second-order valence-corrected chi connectivity index (χ2v) is 6.28. The molecule has 0 N–H and O–H groups in total. The van der Waals surface area contributed by atoms with Gasteiger partial charge in [-0.05, 0) is 19.3 Å². The fourth-order valence-electron chi connectivity index (χ4n) is 1.17. The molecule has 74 valence electrons. The molecule has 0 heterocycles. The summed E-state index contributed by atoms with van der Waals surface area (Å²) >= 11 is 7.21. The van der Waals surface area contributed by atoms with E-state index in [0.717, 1.165) is 4.83 Å². The molecule has 0 fully saturated rings. The summed E-state index contributed by atoms with van der Waals surface area (Å²) in [5.41, 5.74) is 0. The molecule has 0 nitrogen and oxygen atoms in total. The molecule has 0 aliphatic rings. The van der Waals surface area contributed by atoms with Crippen molar-refractivity contribution in [1.29, 1.82) is 0 Å². The van der Waals surface area contributed by atoms with Gasteiger partial charge in [0.2, 0.25) is 0 Å². The van der Waals surface area contributed by atoms with Crippen molar-refractivity contribution in [3.8, 4) is 0 Å². The van der Waals surface area contributed by atoms with Crippen molar-refractivity contribution in [2.75, 3.05) is 0 Å². The first kappa shape index (κ1) is 13.0. The number of unbranched alkanes of at least 4 members (excludes halogenated alkanes) is 2. The van der Waals surface area contributed by atoms with Crippen molar-refractivity contribution in [3.63, 3.8) is 0 Å². The summed E-state index contributed by atoms with van der Waals surface area (Å²) in [5.74, 6) is 0. The maximum Gasteiger partial charge on any atom is 0.0143 e. The van der Waals surface area contributed by atoms with Gasteiger partial charge in [-0.3, -0.25) is 0 Å². The van der Waals surface area contributed by atoms with Crippen LogP contribution in [0.4, 0.5) is 0 Å². The summed E-state index contributed by atoms with van der Waals surface area (Å²) in [6.45, 7) is 4.46. The molecule has 0 amide bonds. The maximum atomic E-state index is 3.65. The number of rotatable bonds is 7. The van der Waals surface area contributed by atoms with Crippen LogP contribution in [-0.2, 0) is 0 Å². The van der Waals surface area contributed by atoms with Crippen molar-refractivity contribution in [2.45, 2.75) is 62.0 Å². The third-order valence-electron chi connectivity index (χ3n) is 2.06. The lowest BCUT2D eigenvalue weighted by Crippen LogP contribution is -1.95. The third kappa shape index (κ3) is 9.05. The van der Waals surface area contributed by atoms with E-state index in [2.05, 4.69) is 45.7 Å². The van der Waals surface area contributed by atoms with Gasteiger partial charge < -0.3 is 0 Å². The molecule has 2 atom stereocenters. The fourth-order valence-corrected chi connectivity index (χ4v) is 1.82. The van der Waals surface area contributed by atoms with E-state index in [1.54, 1.807) is 0 Å². The van der Waals surface area contributed by atoms with Crippen LogP contribution in [0.25, 0.3) is 0 Å². The first-order valence-electron chi connectivity index (χ1n) is 4.95. The molecule has 2 heteroatoms. The Bertz CT molecular complexity index is 91.8. The largest absolute Gasteiger partial charge is 0.0894 e. The molecule has 0 spiro atoms. The van der Waals surface area contributed by atoms with Crippen LogP contribution in [0, 0.1) is 0 Å². The van der Waals surface area contributed by atoms with E-state index in [9.17, 15) is 0 Å². The summed E-state index contributed by atoms with van der Waals surface area (Å²) in [6.07, 6.45) is 8.05. The third-order valence-corrected chi connectivity index (χ3v) is 3.63. The molecule has 0 aromatic rings. The predicted molar refractivity (Wildman–Crippen MR) is 64.5 cm³/mol. The molecule has 0 aromatic carbocycles. The zero-order valence-electron chi connectivity index (χ0n) is 8.15. The van der Waals surface area contributed by atoms with Crippen LogP contribution in [-0.4, -0.2) is 9.65 Å². The Morgan fingerprint density at radius 2 is 1.58 bits per heavy atom. The number of hydrogen-bond donors (Lipinski definition) is 0. The highest BCUT2D eigenvalue weighted by Gasteiger charge is 2.00. The Morgan fingerprint density at radius 1 is 1.00 bits per heavy atom. The van der Waals surface area contributed by atoms with Gasteiger partial charge in [-0.15, -0.1) is 0 Å². The van der Waals surface area contributed by atoms with Gasteiger partial charge in [-0.25, -0.2) is 0 Å². The van der Waals surface area contributed by atoms with Crippen LogP contribution in [0.2, 0.25) is 0 Å². The van der Waals surface area contributed by atoms with E-state index in [-0.39, 0.29) is 0 Å². The highest BCUT2D eigenvalue weighted by atomic mass is 79.9. The monoisotopic (exact) mass is 298 g/mol. The smallest absolute Gasteiger partial charge is 0.0143 e. The van der Waals surface area contributed by atoms with Gasteiger partial charge in [0.1, 0.15) is 0 Å². The number of halogens is 2. The Morgan fingerprint density at radius 3 is 2.08 bits per heavy atom. The van der Waals surface area contributed by atoms with Crippen LogP contribution in [0.1, 0.15) is 52.4 Å². The molecule has 0 saturated carbocycles. The first-order valence-corrected chi connectivity index (χ1v) is 6.78. The summed E-state index contributed by atoms with van der Waals surface area (Å²) < 4.78 is 0. The van der Waals surface area contributed by atoms with Crippen LogP contribution in [0.5, 0.6) is 0 Å². The van der Waals surface area contributed by atoms with Crippen molar-refractivity contribution in [2.24, 2.45) is 0 Å². The van der Waals surface area contributed by atoms with E-state index >= 15 is 0 Å².